The van der Waals surface area contributed by atoms with Gasteiger partial charge in [0.2, 0.25) is 0 Å². The summed E-state index contributed by atoms with van der Waals surface area (Å²) >= 11 is 0. The summed E-state index contributed by atoms with van der Waals surface area (Å²) in [5.74, 6) is -0.579. The molecule has 108 valence electrons. The van der Waals surface area contributed by atoms with Gasteiger partial charge in [0.15, 0.2) is 9.84 Å². The predicted molar refractivity (Wildman–Crippen MR) is 59.9 cm³/mol. The predicted octanol–water partition coefficient (Wildman–Crippen LogP) is 1.63. The van der Waals surface area contributed by atoms with Gasteiger partial charge in [0, 0.05) is 6.26 Å². The molecule has 0 atom stereocenters. The molecule has 19 heavy (non-hydrogen) atoms. The van der Waals surface area contributed by atoms with Crippen LogP contribution in [0.15, 0.2) is 23.1 Å². The lowest BCUT2D eigenvalue weighted by Crippen LogP contribution is -2.28. The third kappa shape index (κ3) is 3.60. The van der Waals surface area contributed by atoms with Gasteiger partial charge in [0.1, 0.15) is 5.75 Å². The van der Waals surface area contributed by atoms with Gasteiger partial charge in [0.05, 0.1) is 4.90 Å². The summed E-state index contributed by atoms with van der Waals surface area (Å²) in [4.78, 5) is -0.151. The average molecular weight is 318 g/mol. The minimum atomic E-state index is -5.77. The second-order valence-electron chi connectivity index (χ2n) is 3.68. The molecule has 0 heterocycles. The van der Waals surface area contributed by atoms with E-state index in [-0.39, 0.29) is 10.5 Å². The molecule has 0 N–H and O–H groups in total. The van der Waals surface area contributed by atoms with Crippen LogP contribution in [-0.4, -0.2) is 28.6 Å². The molecule has 0 saturated heterocycles. The molecule has 0 aromatic heterocycles. The van der Waals surface area contributed by atoms with Gasteiger partial charge in [-0.15, -0.1) is 0 Å². The van der Waals surface area contributed by atoms with Gasteiger partial charge < -0.3 is 4.18 Å². The van der Waals surface area contributed by atoms with Gasteiger partial charge in [-0.25, -0.2) is 8.42 Å². The smallest absolute Gasteiger partial charge is 0.376 e. The lowest BCUT2D eigenvalue weighted by molar-refractivity contribution is -0.0500. The van der Waals surface area contributed by atoms with Crippen LogP contribution >= 0.6 is 0 Å². The molecule has 5 nitrogen and oxygen atoms in total. The lowest BCUT2D eigenvalue weighted by atomic mass is 10.2. The Morgan fingerprint density at radius 1 is 1.11 bits per heavy atom. The van der Waals surface area contributed by atoms with Crippen LogP contribution in [0.25, 0.3) is 0 Å². The Morgan fingerprint density at radius 3 is 2.00 bits per heavy atom. The molecule has 0 amide bonds. The maximum absolute atomic E-state index is 12.1. The molecule has 1 aromatic carbocycles. The van der Waals surface area contributed by atoms with Crippen LogP contribution in [0, 0.1) is 6.92 Å². The summed E-state index contributed by atoms with van der Waals surface area (Å²) in [6.07, 6.45) is 0.911. The van der Waals surface area contributed by atoms with Crippen LogP contribution in [0.2, 0.25) is 0 Å². The van der Waals surface area contributed by atoms with Crippen molar-refractivity contribution in [3.05, 3.63) is 23.8 Å². The minimum Gasteiger partial charge on any atom is -0.376 e. The highest BCUT2D eigenvalue weighted by atomic mass is 32.2. The van der Waals surface area contributed by atoms with Gasteiger partial charge in [-0.2, -0.15) is 21.6 Å². The summed E-state index contributed by atoms with van der Waals surface area (Å²) in [6, 6.07) is 2.84. The molecule has 0 aliphatic heterocycles. The SMILES string of the molecule is Cc1cc(S(C)(=O)=O)ccc1OS(=O)(=O)C(F)(F)F. The molecule has 0 unspecified atom stereocenters. The zero-order valence-electron chi connectivity index (χ0n) is 9.72. The molecule has 0 fully saturated rings. The van der Waals surface area contributed by atoms with E-state index < -0.39 is 31.2 Å². The van der Waals surface area contributed by atoms with Crippen molar-refractivity contribution in [1.82, 2.24) is 0 Å². The Bertz CT molecular complexity index is 689. The first kappa shape index (κ1) is 15.8. The second-order valence-corrected chi connectivity index (χ2v) is 7.24. The van der Waals surface area contributed by atoms with Gasteiger partial charge in [-0.3, -0.25) is 0 Å². The van der Waals surface area contributed by atoms with Crippen LogP contribution in [0.5, 0.6) is 5.75 Å². The van der Waals surface area contributed by atoms with Crippen molar-refractivity contribution >= 4 is 20.0 Å². The first-order chi connectivity index (χ1) is 8.34. The van der Waals surface area contributed by atoms with E-state index in [0.29, 0.717) is 0 Å². The number of hydrogen-bond acceptors (Lipinski definition) is 5. The average Bonchev–Trinajstić information content (AvgIpc) is 2.17. The number of alkyl halides is 3. The Labute approximate surface area is 108 Å². The van der Waals surface area contributed by atoms with Crippen molar-refractivity contribution < 1.29 is 34.2 Å². The Kier molecular flexibility index (Phi) is 3.88. The molecule has 0 radical (unpaired) electrons. The maximum Gasteiger partial charge on any atom is 0.534 e. The van der Waals surface area contributed by atoms with E-state index >= 15 is 0 Å². The van der Waals surface area contributed by atoms with Gasteiger partial charge in [0.25, 0.3) is 0 Å². The van der Waals surface area contributed by atoms with Crippen molar-refractivity contribution in [3.8, 4) is 5.75 Å². The zero-order valence-corrected chi connectivity index (χ0v) is 11.4. The number of rotatable bonds is 3. The molecular formula is C9H9F3O5S2. The van der Waals surface area contributed by atoms with E-state index in [1.54, 1.807) is 0 Å². The van der Waals surface area contributed by atoms with Gasteiger partial charge in [-0.1, -0.05) is 0 Å². The third-order valence-corrected chi connectivity index (χ3v) is 4.13. The largest absolute Gasteiger partial charge is 0.534 e. The molecule has 0 aliphatic rings. The van der Waals surface area contributed by atoms with Gasteiger partial charge in [-0.05, 0) is 30.7 Å². The fraction of sp³-hybridized carbons (Fsp3) is 0.333. The summed E-state index contributed by atoms with van der Waals surface area (Å²) in [6.45, 7) is 1.23. The van der Waals surface area contributed by atoms with Crippen molar-refractivity contribution in [2.45, 2.75) is 17.3 Å². The highest BCUT2D eigenvalue weighted by molar-refractivity contribution is 7.90. The van der Waals surface area contributed by atoms with Crippen molar-refractivity contribution in [2.75, 3.05) is 6.26 Å². The van der Waals surface area contributed by atoms with E-state index in [4.69, 9.17) is 0 Å². The number of hydrogen-bond donors (Lipinski definition) is 0. The Morgan fingerprint density at radius 2 is 1.63 bits per heavy atom. The first-order valence-electron chi connectivity index (χ1n) is 4.66. The van der Waals surface area contributed by atoms with Crippen molar-refractivity contribution in [2.24, 2.45) is 0 Å². The molecule has 0 bridgehead atoms. The standard InChI is InChI=1S/C9H9F3O5S2/c1-6-5-7(18(2,13)14)3-4-8(6)17-19(15,16)9(10,11)12/h3-5H,1-2H3. The quantitative estimate of drug-likeness (QED) is 0.625. The molecular weight excluding hydrogens is 309 g/mol. The molecule has 10 heteroatoms. The Hall–Kier alpha value is -1.29. The normalized spacial score (nSPS) is 13.3. The molecule has 0 saturated carbocycles. The zero-order chi connectivity index (χ0) is 15.1. The number of halogens is 3. The fourth-order valence-electron chi connectivity index (χ4n) is 1.11. The van der Waals surface area contributed by atoms with E-state index in [0.717, 1.165) is 24.5 Å². The third-order valence-electron chi connectivity index (χ3n) is 2.06. The minimum absolute atomic E-state index is 0.0456. The second kappa shape index (κ2) is 4.67. The van der Waals surface area contributed by atoms with E-state index in [1.165, 1.54) is 6.92 Å². The van der Waals surface area contributed by atoms with E-state index in [1.807, 2.05) is 0 Å². The molecule has 1 aromatic rings. The van der Waals surface area contributed by atoms with Crippen molar-refractivity contribution in [1.29, 1.82) is 0 Å². The summed E-state index contributed by atoms with van der Waals surface area (Å²) in [5.41, 5.74) is -5.59. The fourth-order valence-corrected chi connectivity index (χ4v) is 2.34. The van der Waals surface area contributed by atoms with E-state index in [9.17, 15) is 30.0 Å². The van der Waals surface area contributed by atoms with Crippen LogP contribution in [0.4, 0.5) is 13.2 Å². The first-order valence-corrected chi connectivity index (χ1v) is 7.96. The highest BCUT2D eigenvalue weighted by Crippen LogP contribution is 2.29. The maximum atomic E-state index is 12.1. The van der Waals surface area contributed by atoms with E-state index in [2.05, 4.69) is 4.18 Å². The van der Waals surface area contributed by atoms with Crippen LogP contribution < -0.4 is 4.18 Å². The lowest BCUT2D eigenvalue weighted by Gasteiger charge is -2.11. The van der Waals surface area contributed by atoms with Crippen LogP contribution in [0.1, 0.15) is 5.56 Å². The summed E-state index contributed by atoms with van der Waals surface area (Å²) < 4.78 is 84.2. The van der Waals surface area contributed by atoms with Crippen molar-refractivity contribution in [3.63, 3.8) is 0 Å². The van der Waals surface area contributed by atoms with Gasteiger partial charge >= 0.3 is 15.6 Å². The summed E-state index contributed by atoms with van der Waals surface area (Å²) in [7, 11) is -9.31. The number of aryl methyl sites for hydroxylation is 1. The Balaban J connectivity index is 3.20. The van der Waals surface area contributed by atoms with Crippen LogP contribution in [-0.2, 0) is 20.0 Å². The highest BCUT2D eigenvalue weighted by Gasteiger charge is 2.48. The molecule has 0 aliphatic carbocycles. The van der Waals surface area contributed by atoms with Crippen LogP contribution in [0.3, 0.4) is 0 Å². The number of benzene rings is 1. The molecule has 0 spiro atoms. The molecule has 1 rings (SSSR count). The monoisotopic (exact) mass is 318 g/mol. The topological polar surface area (TPSA) is 77.5 Å². The number of sulfone groups is 1. The summed E-state index contributed by atoms with van der Waals surface area (Å²) in [5, 5.41) is 0.